The van der Waals surface area contributed by atoms with Crippen LogP contribution in [0.1, 0.15) is 43.0 Å². The Balaban J connectivity index is 2.73. The first kappa shape index (κ1) is 15.0. The van der Waals surface area contributed by atoms with Gasteiger partial charge >= 0.3 is 0 Å². The minimum atomic E-state index is 0.587. The van der Waals surface area contributed by atoms with Gasteiger partial charge in [-0.05, 0) is 40.2 Å². The van der Waals surface area contributed by atoms with Crippen LogP contribution >= 0.6 is 0 Å². The SMILES string of the molecule is CCCC(CCc1ncc(C)c(OC)c1C)NC. The van der Waals surface area contributed by atoms with E-state index < -0.39 is 0 Å². The number of aryl methyl sites for hydroxylation is 2. The largest absolute Gasteiger partial charge is 0.496 e. The van der Waals surface area contributed by atoms with Crippen LogP contribution in [0.3, 0.4) is 0 Å². The molecule has 102 valence electrons. The summed E-state index contributed by atoms with van der Waals surface area (Å²) in [7, 11) is 3.77. The van der Waals surface area contributed by atoms with Crippen LogP contribution in [0.2, 0.25) is 0 Å². The zero-order valence-corrected chi connectivity index (χ0v) is 12.3. The monoisotopic (exact) mass is 250 g/mol. The fraction of sp³-hybridized carbons (Fsp3) is 0.667. The van der Waals surface area contributed by atoms with Crippen molar-refractivity contribution in [1.82, 2.24) is 10.3 Å². The summed E-state index contributed by atoms with van der Waals surface area (Å²) in [6.45, 7) is 6.36. The number of pyridine rings is 1. The molecule has 1 N–H and O–H groups in total. The molecule has 0 saturated heterocycles. The quantitative estimate of drug-likeness (QED) is 0.807. The molecule has 0 aliphatic carbocycles. The highest BCUT2D eigenvalue weighted by Gasteiger charge is 2.11. The third kappa shape index (κ3) is 3.70. The average Bonchev–Trinajstić information content (AvgIpc) is 2.37. The molecule has 0 radical (unpaired) electrons. The van der Waals surface area contributed by atoms with Gasteiger partial charge in [-0.15, -0.1) is 0 Å². The molecule has 0 bridgehead atoms. The van der Waals surface area contributed by atoms with E-state index in [9.17, 15) is 0 Å². The number of methoxy groups -OCH3 is 1. The van der Waals surface area contributed by atoms with Crippen LogP contribution in [-0.4, -0.2) is 25.2 Å². The lowest BCUT2D eigenvalue weighted by Gasteiger charge is -2.16. The Morgan fingerprint density at radius 3 is 2.61 bits per heavy atom. The Labute approximate surface area is 111 Å². The third-order valence-corrected chi connectivity index (χ3v) is 3.52. The fourth-order valence-corrected chi connectivity index (χ4v) is 2.42. The topological polar surface area (TPSA) is 34.1 Å². The Morgan fingerprint density at radius 1 is 1.33 bits per heavy atom. The molecule has 1 unspecified atom stereocenters. The predicted molar refractivity (Wildman–Crippen MR) is 76.3 cm³/mol. The second-order valence-electron chi connectivity index (χ2n) is 4.86. The molecule has 0 fully saturated rings. The highest BCUT2D eigenvalue weighted by atomic mass is 16.5. The molecule has 0 spiro atoms. The number of aromatic nitrogens is 1. The molecule has 0 aliphatic rings. The van der Waals surface area contributed by atoms with Crippen LogP contribution in [0.25, 0.3) is 0 Å². The summed E-state index contributed by atoms with van der Waals surface area (Å²) in [5.41, 5.74) is 3.45. The first-order valence-corrected chi connectivity index (χ1v) is 6.80. The average molecular weight is 250 g/mol. The Bertz CT molecular complexity index is 377. The summed E-state index contributed by atoms with van der Waals surface area (Å²) < 4.78 is 5.44. The lowest BCUT2D eigenvalue weighted by Crippen LogP contribution is -2.25. The van der Waals surface area contributed by atoms with Gasteiger partial charge in [0.25, 0.3) is 0 Å². The van der Waals surface area contributed by atoms with Crippen LogP contribution < -0.4 is 10.1 Å². The Kier molecular flexibility index (Phi) is 6.13. The molecule has 1 atom stereocenters. The van der Waals surface area contributed by atoms with Crippen LogP contribution in [-0.2, 0) is 6.42 Å². The minimum Gasteiger partial charge on any atom is -0.496 e. The van der Waals surface area contributed by atoms with Crippen LogP contribution in [0.5, 0.6) is 5.75 Å². The van der Waals surface area contributed by atoms with Crippen molar-refractivity contribution in [3.05, 3.63) is 23.0 Å². The van der Waals surface area contributed by atoms with E-state index in [1.165, 1.54) is 18.4 Å². The van der Waals surface area contributed by atoms with Crippen molar-refractivity contribution in [2.24, 2.45) is 0 Å². The minimum absolute atomic E-state index is 0.587. The molecule has 1 aromatic rings. The number of ether oxygens (including phenoxy) is 1. The first-order chi connectivity index (χ1) is 8.63. The van der Waals surface area contributed by atoms with E-state index in [2.05, 4.69) is 24.1 Å². The van der Waals surface area contributed by atoms with E-state index >= 15 is 0 Å². The number of hydrogen-bond acceptors (Lipinski definition) is 3. The number of nitrogens with one attached hydrogen (secondary N) is 1. The van der Waals surface area contributed by atoms with Gasteiger partial charge in [-0.1, -0.05) is 13.3 Å². The molecule has 0 aromatic carbocycles. The lowest BCUT2D eigenvalue weighted by atomic mass is 10.0. The maximum absolute atomic E-state index is 5.44. The Morgan fingerprint density at radius 2 is 2.06 bits per heavy atom. The standard InChI is InChI=1S/C15H26N2O/c1-6-7-13(16-4)8-9-14-12(3)15(18-5)11(2)10-17-14/h10,13,16H,6-9H2,1-5H3. The molecular weight excluding hydrogens is 224 g/mol. The van der Waals surface area contributed by atoms with Crippen LogP contribution in [0, 0.1) is 13.8 Å². The molecule has 3 nitrogen and oxygen atoms in total. The van der Waals surface area contributed by atoms with Crippen molar-refractivity contribution in [2.45, 2.75) is 52.5 Å². The summed E-state index contributed by atoms with van der Waals surface area (Å²) in [4.78, 5) is 4.55. The van der Waals surface area contributed by atoms with Gasteiger partial charge in [0.05, 0.1) is 7.11 Å². The lowest BCUT2D eigenvalue weighted by molar-refractivity contribution is 0.406. The van der Waals surface area contributed by atoms with E-state index in [0.717, 1.165) is 29.8 Å². The first-order valence-electron chi connectivity index (χ1n) is 6.80. The predicted octanol–water partition coefficient (Wildman–Crippen LogP) is 3.03. The molecule has 0 saturated carbocycles. The summed E-state index contributed by atoms with van der Waals surface area (Å²) in [5.74, 6) is 0.983. The van der Waals surface area contributed by atoms with Gasteiger partial charge in [0.2, 0.25) is 0 Å². The molecule has 18 heavy (non-hydrogen) atoms. The summed E-state index contributed by atoms with van der Waals surface area (Å²) in [5, 5.41) is 3.37. The molecule has 1 rings (SSSR count). The number of nitrogens with zero attached hydrogens (tertiary/aromatic N) is 1. The number of rotatable bonds is 7. The van der Waals surface area contributed by atoms with Gasteiger partial charge in [-0.2, -0.15) is 0 Å². The van der Waals surface area contributed by atoms with E-state index in [1.807, 2.05) is 20.2 Å². The molecule has 1 heterocycles. The van der Waals surface area contributed by atoms with Crippen molar-refractivity contribution in [2.75, 3.05) is 14.2 Å². The zero-order valence-electron chi connectivity index (χ0n) is 12.3. The van der Waals surface area contributed by atoms with E-state index in [0.29, 0.717) is 6.04 Å². The second-order valence-corrected chi connectivity index (χ2v) is 4.86. The molecule has 0 amide bonds. The van der Waals surface area contributed by atoms with Crippen molar-refractivity contribution < 1.29 is 4.74 Å². The van der Waals surface area contributed by atoms with Crippen molar-refractivity contribution >= 4 is 0 Å². The molecule has 3 heteroatoms. The summed E-state index contributed by atoms with van der Waals surface area (Å²) in [6.07, 6.45) is 6.49. The van der Waals surface area contributed by atoms with Gasteiger partial charge in [0.1, 0.15) is 5.75 Å². The highest BCUT2D eigenvalue weighted by Crippen LogP contribution is 2.25. The van der Waals surface area contributed by atoms with E-state index in [4.69, 9.17) is 4.74 Å². The number of hydrogen-bond donors (Lipinski definition) is 1. The van der Waals surface area contributed by atoms with E-state index in [-0.39, 0.29) is 0 Å². The molecule has 1 aromatic heterocycles. The molecular formula is C15H26N2O. The van der Waals surface area contributed by atoms with Gasteiger partial charge in [-0.3, -0.25) is 4.98 Å². The van der Waals surface area contributed by atoms with Crippen LogP contribution in [0.15, 0.2) is 6.20 Å². The normalized spacial score (nSPS) is 12.5. The summed E-state index contributed by atoms with van der Waals surface area (Å²) >= 11 is 0. The fourth-order valence-electron chi connectivity index (χ4n) is 2.42. The maximum Gasteiger partial charge on any atom is 0.128 e. The molecule has 0 aliphatic heterocycles. The van der Waals surface area contributed by atoms with Gasteiger partial charge in [0, 0.05) is 29.1 Å². The highest BCUT2D eigenvalue weighted by molar-refractivity contribution is 5.41. The Hall–Kier alpha value is -1.09. The van der Waals surface area contributed by atoms with Crippen LogP contribution in [0.4, 0.5) is 0 Å². The van der Waals surface area contributed by atoms with Crippen molar-refractivity contribution in [3.63, 3.8) is 0 Å². The summed E-state index contributed by atoms with van der Waals surface area (Å²) in [6, 6.07) is 0.587. The van der Waals surface area contributed by atoms with Crippen molar-refractivity contribution in [3.8, 4) is 5.75 Å². The zero-order chi connectivity index (χ0) is 13.5. The van der Waals surface area contributed by atoms with Crippen molar-refractivity contribution in [1.29, 1.82) is 0 Å². The maximum atomic E-state index is 5.44. The van der Waals surface area contributed by atoms with E-state index in [1.54, 1.807) is 7.11 Å². The smallest absolute Gasteiger partial charge is 0.128 e. The van der Waals surface area contributed by atoms with Gasteiger partial charge in [0.15, 0.2) is 0 Å². The van der Waals surface area contributed by atoms with Gasteiger partial charge < -0.3 is 10.1 Å². The second kappa shape index (κ2) is 7.37. The van der Waals surface area contributed by atoms with Gasteiger partial charge in [-0.25, -0.2) is 0 Å². The third-order valence-electron chi connectivity index (χ3n) is 3.52.